The van der Waals surface area contributed by atoms with Crippen LogP contribution >= 0.6 is 22.7 Å². The van der Waals surface area contributed by atoms with E-state index in [4.69, 9.17) is 0 Å². The van der Waals surface area contributed by atoms with Gasteiger partial charge >= 0.3 is 0 Å². The predicted octanol–water partition coefficient (Wildman–Crippen LogP) is 3.96. The van der Waals surface area contributed by atoms with Gasteiger partial charge in [-0.15, -0.1) is 22.7 Å². The lowest BCUT2D eigenvalue weighted by atomic mass is 10.2. The van der Waals surface area contributed by atoms with Crippen LogP contribution < -0.4 is 0 Å². The number of thiophene rings is 1. The number of hydrogen-bond donors (Lipinski definition) is 0. The van der Waals surface area contributed by atoms with Crippen LogP contribution in [0.25, 0.3) is 10.6 Å². The van der Waals surface area contributed by atoms with E-state index in [2.05, 4.69) is 16.4 Å². The van der Waals surface area contributed by atoms with Crippen LogP contribution in [0, 0.1) is 5.92 Å². The molecular formula is C22H21N3O2S2. The molecule has 2 aromatic heterocycles. The van der Waals surface area contributed by atoms with Gasteiger partial charge in [0.2, 0.25) is 5.91 Å². The fourth-order valence-corrected chi connectivity index (χ4v) is 5.60. The molecule has 29 heavy (non-hydrogen) atoms. The van der Waals surface area contributed by atoms with Gasteiger partial charge in [-0.1, -0.05) is 36.4 Å². The van der Waals surface area contributed by atoms with Gasteiger partial charge in [-0.25, -0.2) is 4.98 Å². The predicted molar refractivity (Wildman–Crippen MR) is 115 cm³/mol. The summed E-state index contributed by atoms with van der Waals surface area (Å²) in [7, 11) is 0. The van der Waals surface area contributed by atoms with E-state index in [-0.39, 0.29) is 17.7 Å². The fourth-order valence-electron chi connectivity index (χ4n) is 3.90. The number of amides is 2. The molecule has 0 N–H and O–H groups in total. The van der Waals surface area contributed by atoms with Gasteiger partial charge in [0.25, 0.3) is 5.91 Å². The highest BCUT2D eigenvalue weighted by molar-refractivity contribution is 7.13. The van der Waals surface area contributed by atoms with Gasteiger partial charge in [0.1, 0.15) is 10.7 Å². The van der Waals surface area contributed by atoms with E-state index in [1.165, 1.54) is 16.2 Å². The molecule has 5 rings (SSSR count). The highest BCUT2D eigenvalue weighted by Crippen LogP contribution is 2.50. The van der Waals surface area contributed by atoms with E-state index in [9.17, 15) is 9.59 Å². The Hall–Kier alpha value is -2.51. The lowest BCUT2D eigenvalue weighted by molar-refractivity contribution is -0.134. The standard InChI is InChI=1S/C22H21N3O2S2/c26-21(17-13-16(17)19-7-4-12-28-19)24-8-10-25(11-9-24)22(27)18-14-29-20(23-18)15-5-2-1-3-6-15/h1-7,12,14,16-17H,8-11,13H2. The summed E-state index contributed by atoms with van der Waals surface area (Å²) in [6.45, 7) is 2.35. The number of carbonyl (C=O) groups is 2. The topological polar surface area (TPSA) is 53.5 Å². The van der Waals surface area contributed by atoms with Gasteiger partial charge in [0.15, 0.2) is 0 Å². The highest BCUT2D eigenvalue weighted by atomic mass is 32.1. The van der Waals surface area contributed by atoms with Crippen LogP contribution in [-0.4, -0.2) is 52.8 Å². The van der Waals surface area contributed by atoms with Crippen LogP contribution in [0.5, 0.6) is 0 Å². The molecular weight excluding hydrogens is 402 g/mol. The molecule has 1 saturated carbocycles. The SMILES string of the molecule is O=C(c1csc(-c2ccccc2)n1)N1CCN(C(=O)C2CC2c2cccs2)CC1. The van der Waals surface area contributed by atoms with Gasteiger partial charge in [-0.2, -0.15) is 0 Å². The van der Waals surface area contributed by atoms with E-state index in [0.29, 0.717) is 37.8 Å². The first kappa shape index (κ1) is 18.5. The summed E-state index contributed by atoms with van der Waals surface area (Å²) < 4.78 is 0. The molecule has 0 radical (unpaired) electrons. The number of benzene rings is 1. The number of aromatic nitrogens is 1. The van der Waals surface area contributed by atoms with Crippen molar-refractivity contribution in [1.82, 2.24) is 14.8 Å². The van der Waals surface area contributed by atoms with Crippen LogP contribution in [0.4, 0.5) is 0 Å². The third-order valence-corrected chi connectivity index (χ3v) is 7.53. The second-order valence-corrected chi connectivity index (χ2v) is 9.32. The zero-order valence-electron chi connectivity index (χ0n) is 15.9. The third kappa shape index (κ3) is 3.72. The van der Waals surface area contributed by atoms with Crippen molar-refractivity contribution in [2.75, 3.05) is 26.2 Å². The monoisotopic (exact) mass is 423 g/mol. The van der Waals surface area contributed by atoms with E-state index in [0.717, 1.165) is 17.0 Å². The van der Waals surface area contributed by atoms with Crippen molar-refractivity contribution < 1.29 is 9.59 Å². The summed E-state index contributed by atoms with van der Waals surface area (Å²) in [6, 6.07) is 14.1. The number of thiazole rings is 1. The maximum atomic E-state index is 12.8. The first-order valence-corrected chi connectivity index (χ1v) is 11.6. The molecule has 1 aromatic carbocycles. The van der Waals surface area contributed by atoms with Crippen molar-refractivity contribution >= 4 is 34.5 Å². The summed E-state index contributed by atoms with van der Waals surface area (Å²) in [5.41, 5.74) is 1.52. The minimum Gasteiger partial charge on any atom is -0.339 e. The van der Waals surface area contributed by atoms with Crippen molar-refractivity contribution in [3.8, 4) is 10.6 Å². The van der Waals surface area contributed by atoms with Crippen molar-refractivity contribution in [3.63, 3.8) is 0 Å². The van der Waals surface area contributed by atoms with Crippen molar-refractivity contribution in [2.45, 2.75) is 12.3 Å². The lowest BCUT2D eigenvalue weighted by Gasteiger charge is -2.34. The highest BCUT2D eigenvalue weighted by Gasteiger charge is 2.46. The maximum absolute atomic E-state index is 12.8. The summed E-state index contributed by atoms with van der Waals surface area (Å²) >= 11 is 3.22. The second kappa shape index (κ2) is 7.72. The van der Waals surface area contributed by atoms with Crippen LogP contribution in [0.15, 0.2) is 53.2 Å². The van der Waals surface area contributed by atoms with E-state index >= 15 is 0 Å². The molecule has 5 nitrogen and oxygen atoms in total. The summed E-state index contributed by atoms with van der Waals surface area (Å²) in [5.74, 6) is 0.727. The average Bonchev–Trinajstić information content (AvgIpc) is 3.17. The Balaban J connectivity index is 1.17. The molecule has 0 spiro atoms. The van der Waals surface area contributed by atoms with Crippen LogP contribution in [0.1, 0.15) is 27.7 Å². The van der Waals surface area contributed by atoms with Crippen LogP contribution in [-0.2, 0) is 4.79 Å². The van der Waals surface area contributed by atoms with Gasteiger partial charge in [0, 0.05) is 53.8 Å². The Morgan fingerprint density at radius 2 is 1.69 bits per heavy atom. The normalized spacial score (nSPS) is 21.2. The van der Waals surface area contributed by atoms with Gasteiger partial charge in [0.05, 0.1) is 0 Å². The molecule has 2 fully saturated rings. The van der Waals surface area contributed by atoms with Crippen molar-refractivity contribution in [3.05, 3.63) is 63.8 Å². The van der Waals surface area contributed by atoms with Crippen LogP contribution in [0.2, 0.25) is 0 Å². The quantitative estimate of drug-likeness (QED) is 0.638. The number of rotatable bonds is 4. The van der Waals surface area contributed by atoms with Gasteiger partial charge in [-0.3, -0.25) is 9.59 Å². The Morgan fingerprint density at radius 3 is 2.41 bits per heavy atom. The zero-order valence-corrected chi connectivity index (χ0v) is 17.5. The van der Waals surface area contributed by atoms with E-state index < -0.39 is 0 Å². The minimum absolute atomic E-state index is 0.0431. The largest absolute Gasteiger partial charge is 0.339 e. The molecule has 3 aromatic rings. The third-order valence-electron chi connectivity index (χ3n) is 5.64. The molecule has 2 amide bonds. The summed E-state index contributed by atoms with van der Waals surface area (Å²) in [4.78, 5) is 35.2. The summed E-state index contributed by atoms with van der Waals surface area (Å²) in [6.07, 6.45) is 0.958. The maximum Gasteiger partial charge on any atom is 0.273 e. The molecule has 7 heteroatoms. The molecule has 2 unspecified atom stereocenters. The number of carbonyl (C=O) groups excluding carboxylic acids is 2. The minimum atomic E-state index is -0.0431. The first-order chi connectivity index (χ1) is 14.2. The Morgan fingerprint density at radius 1 is 0.931 bits per heavy atom. The molecule has 1 saturated heterocycles. The first-order valence-electron chi connectivity index (χ1n) is 9.83. The smallest absolute Gasteiger partial charge is 0.273 e. The molecule has 2 atom stereocenters. The van der Waals surface area contributed by atoms with Gasteiger partial charge in [-0.05, 0) is 17.9 Å². The Bertz CT molecular complexity index is 1010. The summed E-state index contributed by atoms with van der Waals surface area (Å²) in [5, 5.41) is 4.76. The lowest BCUT2D eigenvalue weighted by Crippen LogP contribution is -2.51. The molecule has 1 aliphatic heterocycles. The molecule has 2 aliphatic rings. The Kier molecular flexibility index (Phi) is 4.93. The van der Waals surface area contributed by atoms with Gasteiger partial charge < -0.3 is 9.80 Å². The fraction of sp³-hybridized carbons (Fsp3) is 0.318. The van der Waals surface area contributed by atoms with Crippen molar-refractivity contribution in [1.29, 1.82) is 0 Å². The Labute approximate surface area is 177 Å². The second-order valence-electron chi connectivity index (χ2n) is 7.49. The number of piperazine rings is 1. The molecule has 0 bridgehead atoms. The van der Waals surface area contributed by atoms with Crippen LogP contribution in [0.3, 0.4) is 0 Å². The average molecular weight is 424 g/mol. The molecule has 1 aliphatic carbocycles. The zero-order chi connectivity index (χ0) is 19.8. The van der Waals surface area contributed by atoms with E-state index in [1.54, 1.807) is 11.3 Å². The molecule has 148 valence electrons. The number of hydrogen-bond acceptors (Lipinski definition) is 5. The van der Waals surface area contributed by atoms with E-state index in [1.807, 2.05) is 51.6 Å². The molecule has 3 heterocycles. The number of nitrogens with zero attached hydrogens (tertiary/aromatic N) is 3. The van der Waals surface area contributed by atoms with Crippen molar-refractivity contribution in [2.24, 2.45) is 5.92 Å².